The van der Waals surface area contributed by atoms with Gasteiger partial charge in [-0.2, -0.15) is 4.37 Å². The fourth-order valence-electron chi connectivity index (χ4n) is 2.82. The van der Waals surface area contributed by atoms with Gasteiger partial charge in [0.15, 0.2) is 5.82 Å². The predicted molar refractivity (Wildman–Crippen MR) is 113 cm³/mol. The highest BCUT2D eigenvalue weighted by atomic mass is 32.2. The van der Waals surface area contributed by atoms with E-state index < -0.39 is 0 Å². The number of nitrogens with zero attached hydrogens (tertiary/aromatic N) is 6. The number of carbonyl (C=O) groups is 1. The van der Waals surface area contributed by atoms with Crippen molar-refractivity contribution in [3.8, 4) is 0 Å². The number of aromatic nitrogens is 5. The fourth-order valence-corrected chi connectivity index (χ4v) is 4.57. The van der Waals surface area contributed by atoms with Crippen LogP contribution in [0.3, 0.4) is 0 Å². The molecular formula is C20H13N7OS2. The van der Waals surface area contributed by atoms with Gasteiger partial charge >= 0.3 is 0 Å². The van der Waals surface area contributed by atoms with Gasteiger partial charge in [0.05, 0.1) is 27.9 Å². The predicted octanol–water partition coefficient (Wildman–Crippen LogP) is 3.29. The summed E-state index contributed by atoms with van der Waals surface area (Å²) in [7, 11) is 0. The summed E-state index contributed by atoms with van der Waals surface area (Å²) in [6.07, 6.45) is 10.1. The Morgan fingerprint density at radius 3 is 2.70 bits per heavy atom. The third kappa shape index (κ3) is 3.70. The van der Waals surface area contributed by atoms with Crippen molar-refractivity contribution in [3.05, 3.63) is 83.1 Å². The highest BCUT2D eigenvalue weighted by Crippen LogP contribution is 2.40. The van der Waals surface area contributed by atoms with Crippen LogP contribution < -0.4 is 5.32 Å². The monoisotopic (exact) mass is 431 g/mol. The van der Waals surface area contributed by atoms with E-state index in [1.54, 1.807) is 31.0 Å². The highest BCUT2D eigenvalue weighted by Gasteiger charge is 2.24. The third-order valence-corrected chi connectivity index (χ3v) is 6.19. The van der Waals surface area contributed by atoms with E-state index in [0.717, 1.165) is 20.9 Å². The van der Waals surface area contributed by atoms with Crippen LogP contribution in [0.1, 0.15) is 26.5 Å². The molecule has 1 amide bonds. The normalized spacial score (nSPS) is 12.3. The SMILES string of the molecule is O=C(NCc1cccnc1)c1cnc2c(n1)N=C(c1cccnc1)c1sncc1S2. The molecule has 146 valence electrons. The molecule has 4 aromatic heterocycles. The molecule has 30 heavy (non-hydrogen) atoms. The second kappa shape index (κ2) is 8.09. The third-order valence-electron chi connectivity index (χ3n) is 4.24. The second-order valence-corrected chi connectivity index (χ2v) is 8.08. The number of rotatable bonds is 4. The molecule has 1 aliphatic rings. The molecule has 0 spiro atoms. The summed E-state index contributed by atoms with van der Waals surface area (Å²) in [5.74, 6) is 0.0780. The Labute approximate surface area is 179 Å². The van der Waals surface area contributed by atoms with Crippen LogP contribution in [0.5, 0.6) is 0 Å². The van der Waals surface area contributed by atoms with Gasteiger partial charge in [0, 0.05) is 36.9 Å². The van der Waals surface area contributed by atoms with Crippen LogP contribution in [0, 0.1) is 0 Å². The molecule has 0 saturated heterocycles. The lowest BCUT2D eigenvalue weighted by Gasteiger charge is -2.06. The van der Waals surface area contributed by atoms with Crippen molar-refractivity contribution in [1.29, 1.82) is 0 Å². The standard InChI is InChI=1S/C20H13N7OS2/c28-19(23-8-12-3-1-5-21-7-12)14-10-24-20-18(26-14)27-16(13-4-2-6-22-9-13)17-15(29-20)11-25-30-17/h1-7,9-11H,8H2,(H,23,28). The first-order valence-corrected chi connectivity index (χ1v) is 10.5. The lowest BCUT2D eigenvalue weighted by Crippen LogP contribution is -2.24. The molecule has 0 saturated carbocycles. The second-order valence-electron chi connectivity index (χ2n) is 6.25. The summed E-state index contributed by atoms with van der Waals surface area (Å²) in [6, 6.07) is 7.50. The van der Waals surface area contributed by atoms with Crippen molar-refractivity contribution in [3.63, 3.8) is 0 Å². The van der Waals surface area contributed by atoms with Crippen LogP contribution in [0.25, 0.3) is 0 Å². The maximum atomic E-state index is 12.6. The van der Waals surface area contributed by atoms with Crippen molar-refractivity contribution >= 4 is 40.7 Å². The minimum atomic E-state index is -0.321. The van der Waals surface area contributed by atoms with Gasteiger partial charge in [-0.3, -0.25) is 14.8 Å². The van der Waals surface area contributed by atoms with Gasteiger partial charge in [0.25, 0.3) is 5.91 Å². The van der Waals surface area contributed by atoms with E-state index in [-0.39, 0.29) is 11.6 Å². The number of nitrogens with one attached hydrogen (secondary N) is 1. The zero-order valence-electron chi connectivity index (χ0n) is 15.4. The highest BCUT2D eigenvalue weighted by molar-refractivity contribution is 7.99. The molecule has 1 N–H and O–H groups in total. The number of amides is 1. The molecule has 8 nitrogen and oxygen atoms in total. The molecule has 0 fully saturated rings. The van der Waals surface area contributed by atoms with E-state index in [4.69, 9.17) is 4.99 Å². The lowest BCUT2D eigenvalue weighted by molar-refractivity contribution is 0.0945. The van der Waals surface area contributed by atoms with Crippen molar-refractivity contribution in [2.75, 3.05) is 0 Å². The topological polar surface area (TPSA) is 106 Å². The quantitative estimate of drug-likeness (QED) is 0.465. The number of fused-ring (bicyclic) bond motifs is 2. The molecule has 0 aromatic carbocycles. The lowest BCUT2D eigenvalue weighted by atomic mass is 10.1. The minimum Gasteiger partial charge on any atom is -0.347 e. The first-order valence-electron chi connectivity index (χ1n) is 8.94. The van der Waals surface area contributed by atoms with Crippen molar-refractivity contribution < 1.29 is 4.79 Å². The molecule has 0 aliphatic carbocycles. The number of pyridine rings is 2. The van der Waals surface area contributed by atoms with Crippen molar-refractivity contribution in [2.45, 2.75) is 16.5 Å². The Balaban J connectivity index is 1.49. The Morgan fingerprint density at radius 2 is 1.90 bits per heavy atom. The van der Waals surface area contributed by atoms with Crippen LogP contribution in [0.4, 0.5) is 5.82 Å². The summed E-state index contributed by atoms with van der Waals surface area (Å²) >= 11 is 2.80. The van der Waals surface area contributed by atoms with E-state index in [1.165, 1.54) is 29.5 Å². The maximum absolute atomic E-state index is 12.6. The Hall–Kier alpha value is -3.50. The van der Waals surface area contributed by atoms with E-state index in [9.17, 15) is 4.79 Å². The summed E-state index contributed by atoms with van der Waals surface area (Å²) < 4.78 is 4.30. The van der Waals surface area contributed by atoms with E-state index >= 15 is 0 Å². The van der Waals surface area contributed by atoms with Crippen LogP contribution in [-0.4, -0.2) is 35.9 Å². The summed E-state index contributed by atoms with van der Waals surface area (Å²) in [5, 5.41) is 3.46. The molecule has 0 atom stereocenters. The first-order chi connectivity index (χ1) is 14.8. The minimum absolute atomic E-state index is 0.205. The van der Waals surface area contributed by atoms with Gasteiger partial charge in [-0.25, -0.2) is 15.0 Å². The number of hydrogen-bond acceptors (Lipinski definition) is 9. The molecule has 4 aromatic rings. The average Bonchev–Trinajstić information content (AvgIpc) is 3.19. The van der Waals surface area contributed by atoms with Gasteiger partial charge in [0.1, 0.15) is 10.7 Å². The molecule has 0 unspecified atom stereocenters. The Morgan fingerprint density at radius 1 is 1.03 bits per heavy atom. The average molecular weight is 432 g/mol. The smallest absolute Gasteiger partial charge is 0.271 e. The zero-order chi connectivity index (χ0) is 20.3. The van der Waals surface area contributed by atoms with Gasteiger partial charge in [-0.05, 0) is 35.3 Å². The summed E-state index contributed by atoms with van der Waals surface area (Å²) in [6.45, 7) is 0.355. The molecule has 0 radical (unpaired) electrons. The van der Waals surface area contributed by atoms with Crippen LogP contribution in [0.2, 0.25) is 0 Å². The zero-order valence-corrected chi connectivity index (χ0v) is 17.0. The molecule has 1 aliphatic heterocycles. The van der Waals surface area contributed by atoms with E-state index in [2.05, 4.69) is 29.6 Å². The van der Waals surface area contributed by atoms with E-state index in [1.807, 2.05) is 24.3 Å². The van der Waals surface area contributed by atoms with Gasteiger partial charge in [0.2, 0.25) is 0 Å². The molecule has 5 rings (SSSR count). The van der Waals surface area contributed by atoms with Crippen LogP contribution in [-0.2, 0) is 6.54 Å². The maximum Gasteiger partial charge on any atom is 0.271 e. The number of carbonyl (C=O) groups excluding carboxylic acids is 1. The van der Waals surface area contributed by atoms with Crippen molar-refractivity contribution in [1.82, 2.24) is 29.6 Å². The molecule has 0 bridgehead atoms. The Kier molecular flexibility index (Phi) is 4.99. The molecule has 10 heteroatoms. The Bertz CT molecular complexity index is 1240. The first kappa shape index (κ1) is 18.5. The largest absolute Gasteiger partial charge is 0.347 e. The van der Waals surface area contributed by atoms with E-state index in [0.29, 0.717) is 23.1 Å². The number of aliphatic imine (C=N–C) groups is 1. The summed E-state index contributed by atoms with van der Waals surface area (Å²) in [4.78, 5) is 36.4. The van der Waals surface area contributed by atoms with Gasteiger partial charge in [-0.1, -0.05) is 17.8 Å². The van der Waals surface area contributed by atoms with Crippen molar-refractivity contribution in [2.24, 2.45) is 4.99 Å². The number of hydrogen-bond donors (Lipinski definition) is 1. The van der Waals surface area contributed by atoms with Gasteiger partial charge in [-0.15, -0.1) is 0 Å². The fraction of sp³-hybridized carbons (Fsp3) is 0.0500. The summed E-state index contributed by atoms with van der Waals surface area (Å²) in [5.41, 5.74) is 2.67. The van der Waals surface area contributed by atoms with Crippen LogP contribution in [0.15, 0.2) is 76.4 Å². The van der Waals surface area contributed by atoms with Crippen LogP contribution >= 0.6 is 23.3 Å². The molecule has 5 heterocycles. The van der Waals surface area contributed by atoms with Gasteiger partial charge < -0.3 is 5.32 Å². The molecular weight excluding hydrogens is 418 g/mol.